The number of hydrogen-bond acceptors (Lipinski definition) is 4. The Balaban J connectivity index is 1.61. The first-order valence-corrected chi connectivity index (χ1v) is 8.76. The standard InChI is InChI=1S/C18H14N4OS/c23-16-9-11(17-6-3-7-24-17)8-15-12(16)10-19-22(15)18-20-13-4-1-2-5-14(13)21-18/h1-7,10-11H,8-9H2,(H,20,21). The molecule has 1 N–H and O–H groups in total. The van der Waals surface area contributed by atoms with E-state index < -0.39 is 0 Å². The van der Waals surface area contributed by atoms with Crippen LogP contribution in [0.1, 0.15) is 33.3 Å². The van der Waals surface area contributed by atoms with Crippen molar-refractivity contribution in [2.45, 2.75) is 18.8 Å². The fourth-order valence-electron chi connectivity index (χ4n) is 3.39. The lowest BCUT2D eigenvalue weighted by Gasteiger charge is -2.20. The number of para-hydroxylation sites is 2. The van der Waals surface area contributed by atoms with E-state index in [-0.39, 0.29) is 11.7 Å². The van der Waals surface area contributed by atoms with Gasteiger partial charge in [-0.1, -0.05) is 18.2 Å². The van der Waals surface area contributed by atoms with Crippen molar-refractivity contribution in [3.05, 3.63) is 64.1 Å². The van der Waals surface area contributed by atoms with E-state index in [1.807, 2.05) is 30.3 Å². The Bertz CT molecular complexity index is 1010. The molecule has 1 aliphatic carbocycles. The molecular weight excluding hydrogens is 320 g/mol. The highest BCUT2D eigenvalue weighted by Gasteiger charge is 2.31. The van der Waals surface area contributed by atoms with Gasteiger partial charge < -0.3 is 4.98 Å². The van der Waals surface area contributed by atoms with Gasteiger partial charge in [0.15, 0.2) is 5.78 Å². The fraction of sp³-hybridized carbons (Fsp3) is 0.167. The number of hydrogen-bond donors (Lipinski definition) is 1. The van der Waals surface area contributed by atoms with E-state index in [1.165, 1.54) is 4.88 Å². The van der Waals surface area contributed by atoms with Gasteiger partial charge in [-0.2, -0.15) is 5.10 Å². The molecular formula is C18H14N4OS. The quantitative estimate of drug-likeness (QED) is 0.607. The Hall–Kier alpha value is -2.73. The molecule has 1 unspecified atom stereocenters. The summed E-state index contributed by atoms with van der Waals surface area (Å²) in [4.78, 5) is 21.7. The maximum Gasteiger partial charge on any atom is 0.229 e. The molecule has 3 aromatic heterocycles. The highest BCUT2D eigenvalue weighted by Crippen LogP contribution is 2.35. The number of aromatic amines is 1. The summed E-state index contributed by atoms with van der Waals surface area (Å²) in [6.07, 6.45) is 3.04. The first-order valence-electron chi connectivity index (χ1n) is 7.88. The number of nitrogens with one attached hydrogen (secondary N) is 1. The first-order chi connectivity index (χ1) is 11.8. The van der Waals surface area contributed by atoms with Gasteiger partial charge in [-0.15, -0.1) is 11.3 Å². The van der Waals surface area contributed by atoms with Crippen LogP contribution >= 0.6 is 11.3 Å². The third-order valence-electron chi connectivity index (χ3n) is 4.56. The van der Waals surface area contributed by atoms with E-state index in [9.17, 15) is 4.79 Å². The molecule has 1 atom stereocenters. The zero-order valence-electron chi connectivity index (χ0n) is 12.8. The van der Waals surface area contributed by atoms with Crippen molar-refractivity contribution in [3.8, 4) is 5.95 Å². The van der Waals surface area contributed by atoms with Crippen molar-refractivity contribution in [2.24, 2.45) is 0 Å². The second kappa shape index (κ2) is 5.14. The Kier molecular flexibility index (Phi) is 2.93. The molecule has 3 heterocycles. The Morgan fingerprint density at radius 3 is 2.92 bits per heavy atom. The van der Waals surface area contributed by atoms with Gasteiger partial charge in [0.2, 0.25) is 5.95 Å². The van der Waals surface area contributed by atoms with E-state index in [0.29, 0.717) is 12.4 Å². The van der Waals surface area contributed by atoms with Crippen molar-refractivity contribution in [1.82, 2.24) is 19.7 Å². The van der Waals surface area contributed by atoms with Crippen LogP contribution in [0.15, 0.2) is 48.0 Å². The summed E-state index contributed by atoms with van der Waals surface area (Å²) in [7, 11) is 0. The average molecular weight is 334 g/mol. The number of ketones is 1. The summed E-state index contributed by atoms with van der Waals surface area (Å²) in [5, 5.41) is 6.50. The molecule has 6 heteroatoms. The average Bonchev–Trinajstić information content (AvgIpc) is 3.32. The smallest absolute Gasteiger partial charge is 0.229 e. The summed E-state index contributed by atoms with van der Waals surface area (Å²) in [5.41, 5.74) is 3.54. The molecule has 5 nitrogen and oxygen atoms in total. The third-order valence-corrected chi connectivity index (χ3v) is 5.60. The number of aromatic nitrogens is 4. The maximum absolute atomic E-state index is 12.5. The van der Waals surface area contributed by atoms with Crippen LogP contribution in [0.3, 0.4) is 0 Å². The van der Waals surface area contributed by atoms with Crippen molar-refractivity contribution in [1.29, 1.82) is 0 Å². The number of carbonyl (C=O) groups excluding carboxylic acids is 1. The van der Waals surface area contributed by atoms with E-state index in [4.69, 9.17) is 0 Å². The number of benzene rings is 1. The van der Waals surface area contributed by atoms with Gasteiger partial charge >= 0.3 is 0 Å². The third kappa shape index (κ3) is 2.03. The van der Waals surface area contributed by atoms with Gasteiger partial charge in [-0.25, -0.2) is 9.67 Å². The summed E-state index contributed by atoms with van der Waals surface area (Å²) in [6.45, 7) is 0. The molecule has 0 amide bonds. The molecule has 0 saturated heterocycles. The van der Waals surface area contributed by atoms with Crippen molar-refractivity contribution in [3.63, 3.8) is 0 Å². The second-order valence-electron chi connectivity index (χ2n) is 6.04. The molecule has 24 heavy (non-hydrogen) atoms. The fourth-order valence-corrected chi connectivity index (χ4v) is 4.22. The molecule has 0 bridgehead atoms. The molecule has 5 rings (SSSR count). The SMILES string of the molecule is O=C1CC(c2cccs2)Cc2c1cnn2-c1nc2ccccc2[nH]1. The van der Waals surface area contributed by atoms with E-state index in [0.717, 1.165) is 28.7 Å². The molecule has 0 aliphatic heterocycles. The lowest BCUT2D eigenvalue weighted by Crippen LogP contribution is -2.20. The number of rotatable bonds is 2. The van der Waals surface area contributed by atoms with Crippen LogP contribution in [0.5, 0.6) is 0 Å². The van der Waals surface area contributed by atoms with Crippen LogP contribution in [-0.2, 0) is 6.42 Å². The molecule has 0 spiro atoms. The first kappa shape index (κ1) is 13.7. The van der Waals surface area contributed by atoms with Gasteiger partial charge in [0.1, 0.15) is 0 Å². The Morgan fingerprint density at radius 2 is 2.08 bits per heavy atom. The van der Waals surface area contributed by atoms with Gasteiger partial charge in [-0.05, 0) is 30.0 Å². The van der Waals surface area contributed by atoms with Crippen molar-refractivity contribution in [2.75, 3.05) is 0 Å². The number of Topliss-reactive ketones (excluding diaryl/α,β-unsaturated/α-hetero) is 1. The molecule has 0 saturated carbocycles. The minimum atomic E-state index is 0.164. The van der Waals surface area contributed by atoms with Crippen molar-refractivity contribution < 1.29 is 4.79 Å². The largest absolute Gasteiger partial charge is 0.322 e. The maximum atomic E-state index is 12.5. The van der Waals surface area contributed by atoms with Crippen molar-refractivity contribution >= 4 is 28.2 Å². The second-order valence-corrected chi connectivity index (χ2v) is 7.02. The normalized spacial score (nSPS) is 17.3. The predicted molar refractivity (Wildman–Crippen MR) is 92.9 cm³/mol. The number of nitrogens with zero attached hydrogens (tertiary/aromatic N) is 3. The molecule has 4 aromatic rings. The zero-order chi connectivity index (χ0) is 16.1. The van der Waals surface area contributed by atoms with Gasteiger partial charge in [0.05, 0.1) is 28.5 Å². The van der Waals surface area contributed by atoms with Crippen LogP contribution in [0.25, 0.3) is 17.0 Å². The summed E-state index contributed by atoms with van der Waals surface area (Å²) in [6, 6.07) is 12.0. The Morgan fingerprint density at radius 1 is 1.17 bits per heavy atom. The van der Waals surface area contributed by atoms with E-state index in [2.05, 4.69) is 26.5 Å². The molecule has 1 aromatic carbocycles. The summed E-state index contributed by atoms with van der Waals surface area (Å²) >= 11 is 1.71. The van der Waals surface area contributed by atoms with Crippen LogP contribution in [0, 0.1) is 0 Å². The minimum Gasteiger partial charge on any atom is -0.322 e. The number of thiophene rings is 1. The number of fused-ring (bicyclic) bond motifs is 2. The summed E-state index contributed by atoms with van der Waals surface area (Å²) < 4.78 is 1.78. The van der Waals surface area contributed by atoms with Crippen LogP contribution in [-0.4, -0.2) is 25.5 Å². The topological polar surface area (TPSA) is 63.6 Å². The highest BCUT2D eigenvalue weighted by molar-refractivity contribution is 7.10. The number of imidazole rings is 1. The van der Waals surface area contributed by atoms with Gasteiger partial charge in [0.25, 0.3) is 0 Å². The van der Waals surface area contributed by atoms with Gasteiger partial charge in [-0.3, -0.25) is 4.79 Å². The molecule has 0 radical (unpaired) electrons. The predicted octanol–water partition coefficient (Wildman–Crippen LogP) is 3.72. The number of H-pyrrole nitrogens is 1. The molecule has 1 aliphatic rings. The Labute approximate surface area is 142 Å². The highest BCUT2D eigenvalue weighted by atomic mass is 32.1. The monoisotopic (exact) mass is 334 g/mol. The van der Waals surface area contributed by atoms with Crippen LogP contribution in [0.2, 0.25) is 0 Å². The lowest BCUT2D eigenvalue weighted by atomic mass is 9.86. The minimum absolute atomic E-state index is 0.164. The van der Waals surface area contributed by atoms with Crippen LogP contribution in [0.4, 0.5) is 0 Å². The van der Waals surface area contributed by atoms with E-state index in [1.54, 1.807) is 22.2 Å². The zero-order valence-corrected chi connectivity index (χ0v) is 13.6. The van der Waals surface area contributed by atoms with Crippen LogP contribution < -0.4 is 0 Å². The molecule has 0 fully saturated rings. The lowest BCUT2D eigenvalue weighted by molar-refractivity contribution is 0.0964. The number of carbonyl (C=O) groups is 1. The molecule has 118 valence electrons. The van der Waals surface area contributed by atoms with Gasteiger partial charge in [0, 0.05) is 17.2 Å². The van der Waals surface area contributed by atoms with E-state index >= 15 is 0 Å². The summed E-state index contributed by atoms with van der Waals surface area (Å²) in [5.74, 6) is 1.05.